The average molecular weight is 298 g/mol. The Morgan fingerprint density at radius 2 is 1.57 bits per heavy atom. The third-order valence-corrected chi connectivity index (χ3v) is 3.43. The van der Waals surface area contributed by atoms with Gasteiger partial charge in [-0.25, -0.2) is 8.78 Å². The molecule has 1 aliphatic rings. The molecule has 21 heavy (non-hydrogen) atoms. The van der Waals surface area contributed by atoms with E-state index < -0.39 is 34.6 Å². The normalized spacial score (nSPS) is 16.4. The van der Waals surface area contributed by atoms with Crippen molar-refractivity contribution in [2.45, 2.75) is 39.2 Å². The second-order valence-electron chi connectivity index (χ2n) is 6.28. The average Bonchev–Trinajstić information content (AvgIpc) is 2.67. The number of fused-ring (bicyclic) bond motifs is 1. The Morgan fingerprint density at radius 3 is 1.90 bits per heavy atom. The highest BCUT2D eigenvalue weighted by molar-refractivity contribution is 6.00. The number of carboxylic acids is 1. The first-order valence-corrected chi connectivity index (χ1v) is 6.49. The van der Waals surface area contributed by atoms with Crippen LogP contribution in [-0.2, 0) is 27.2 Å². The molecule has 0 spiro atoms. The molecule has 0 heterocycles. The molecule has 2 rings (SSSR count). The van der Waals surface area contributed by atoms with Gasteiger partial charge in [-0.15, -0.1) is 0 Å². The molecule has 0 aromatic heterocycles. The summed E-state index contributed by atoms with van der Waals surface area (Å²) >= 11 is 0. The predicted octanol–water partition coefficient (Wildman–Crippen LogP) is 2.48. The Kier molecular flexibility index (Phi) is 3.51. The van der Waals surface area contributed by atoms with E-state index in [0.717, 1.165) is 12.1 Å². The van der Waals surface area contributed by atoms with Gasteiger partial charge in [0.1, 0.15) is 5.60 Å². The molecule has 0 saturated carbocycles. The zero-order valence-corrected chi connectivity index (χ0v) is 12.0. The molecule has 0 bridgehead atoms. The van der Waals surface area contributed by atoms with Crippen molar-refractivity contribution < 1.29 is 28.2 Å². The highest BCUT2D eigenvalue weighted by Gasteiger charge is 2.53. The molecule has 4 nitrogen and oxygen atoms in total. The van der Waals surface area contributed by atoms with Crippen LogP contribution in [0.4, 0.5) is 8.78 Å². The number of rotatable bonds is 2. The first-order valence-electron chi connectivity index (χ1n) is 6.49. The molecule has 0 unspecified atom stereocenters. The summed E-state index contributed by atoms with van der Waals surface area (Å²) in [5, 5.41) is 9.45. The molecular formula is C15H16F2O4. The van der Waals surface area contributed by atoms with Crippen LogP contribution < -0.4 is 0 Å². The van der Waals surface area contributed by atoms with E-state index in [1.807, 2.05) is 0 Å². The predicted molar refractivity (Wildman–Crippen MR) is 69.7 cm³/mol. The van der Waals surface area contributed by atoms with Gasteiger partial charge in [0.2, 0.25) is 0 Å². The van der Waals surface area contributed by atoms with Crippen LogP contribution in [0.2, 0.25) is 0 Å². The van der Waals surface area contributed by atoms with Gasteiger partial charge in [-0.1, -0.05) is 0 Å². The Morgan fingerprint density at radius 1 is 1.14 bits per heavy atom. The molecule has 0 fully saturated rings. The van der Waals surface area contributed by atoms with Crippen LogP contribution in [0.5, 0.6) is 0 Å². The van der Waals surface area contributed by atoms with Gasteiger partial charge in [0, 0.05) is 0 Å². The maximum Gasteiger partial charge on any atom is 0.324 e. The van der Waals surface area contributed by atoms with Crippen LogP contribution in [-0.4, -0.2) is 22.6 Å². The fourth-order valence-electron chi connectivity index (χ4n) is 2.43. The minimum atomic E-state index is -1.82. The van der Waals surface area contributed by atoms with Crippen LogP contribution in [0.1, 0.15) is 31.9 Å². The van der Waals surface area contributed by atoms with Crippen molar-refractivity contribution in [3.05, 3.63) is 34.9 Å². The molecule has 1 aromatic rings. The summed E-state index contributed by atoms with van der Waals surface area (Å²) in [6.45, 7) is 4.88. The van der Waals surface area contributed by atoms with E-state index in [4.69, 9.17) is 4.74 Å². The third kappa shape index (κ3) is 2.75. The molecule has 1 aliphatic carbocycles. The van der Waals surface area contributed by atoms with Gasteiger partial charge in [0.05, 0.1) is 0 Å². The summed E-state index contributed by atoms with van der Waals surface area (Å²) in [4.78, 5) is 23.9. The number of halogens is 2. The Labute approximate surface area is 120 Å². The quantitative estimate of drug-likeness (QED) is 0.673. The third-order valence-electron chi connectivity index (χ3n) is 3.43. The minimum Gasteiger partial charge on any atom is -0.480 e. The van der Waals surface area contributed by atoms with Crippen molar-refractivity contribution >= 4 is 11.9 Å². The van der Waals surface area contributed by atoms with Gasteiger partial charge in [0.25, 0.3) is 0 Å². The monoisotopic (exact) mass is 298 g/mol. The molecule has 1 aromatic carbocycles. The van der Waals surface area contributed by atoms with Gasteiger partial charge in [-0.05, 0) is 56.9 Å². The van der Waals surface area contributed by atoms with Gasteiger partial charge in [0.15, 0.2) is 17.0 Å². The van der Waals surface area contributed by atoms with Crippen LogP contribution >= 0.6 is 0 Å². The Hall–Kier alpha value is -1.98. The number of ether oxygens (including phenoxy) is 1. The van der Waals surface area contributed by atoms with Crippen molar-refractivity contribution in [3.8, 4) is 0 Å². The lowest BCUT2D eigenvalue weighted by molar-refractivity contribution is -0.176. The lowest BCUT2D eigenvalue weighted by Gasteiger charge is -2.27. The summed E-state index contributed by atoms with van der Waals surface area (Å²) in [5.74, 6) is -4.36. The molecule has 0 atom stereocenters. The van der Waals surface area contributed by atoms with Gasteiger partial charge in [-0.2, -0.15) is 0 Å². The summed E-state index contributed by atoms with van der Waals surface area (Å²) in [6.07, 6.45) is -0.409. The largest absolute Gasteiger partial charge is 0.480 e. The van der Waals surface area contributed by atoms with E-state index in [0.29, 0.717) is 11.1 Å². The molecule has 0 saturated heterocycles. The fourth-order valence-corrected chi connectivity index (χ4v) is 2.43. The van der Waals surface area contributed by atoms with Crippen molar-refractivity contribution in [2.75, 3.05) is 0 Å². The molecule has 1 N–H and O–H groups in total. The lowest BCUT2D eigenvalue weighted by Crippen LogP contribution is -2.44. The summed E-state index contributed by atoms with van der Waals surface area (Å²) in [6, 6.07) is 1.89. The highest BCUT2D eigenvalue weighted by Crippen LogP contribution is 2.40. The summed E-state index contributed by atoms with van der Waals surface area (Å²) < 4.78 is 31.7. The molecule has 0 radical (unpaired) electrons. The Balaban J connectivity index is 2.40. The number of carboxylic acid groups (broad SMARTS) is 1. The number of hydrogen-bond donors (Lipinski definition) is 1. The van der Waals surface area contributed by atoms with Crippen LogP contribution in [0.15, 0.2) is 12.1 Å². The van der Waals surface area contributed by atoms with Gasteiger partial charge in [-0.3, -0.25) is 9.59 Å². The highest BCUT2D eigenvalue weighted by atomic mass is 19.2. The number of esters is 1. The molecular weight excluding hydrogens is 282 g/mol. The first-order chi connectivity index (χ1) is 9.55. The van der Waals surface area contributed by atoms with Crippen LogP contribution in [0.25, 0.3) is 0 Å². The van der Waals surface area contributed by atoms with Crippen molar-refractivity contribution in [3.63, 3.8) is 0 Å². The zero-order valence-electron chi connectivity index (χ0n) is 12.0. The van der Waals surface area contributed by atoms with Gasteiger partial charge >= 0.3 is 11.9 Å². The second kappa shape index (κ2) is 4.79. The number of hydrogen-bond acceptors (Lipinski definition) is 3. The van der Waals surface area contributed by atoms with Crippen molar-refractivity contribution in [2.24, 2.45) is 5.41 Å². The van der Waals surface area contributed by atoms with Crippen molar-refractivity contribution in [1.29, 1.82) is 0 Å². The van der Waals surface area contributed by atoms with E-state index in [1.165, 1.54) is 0 Å². The molecule has 0 aliphatic heterocycles. The minimum absolute atomic E-state index is 0.205. The maximum atomic E-state index is 13.3. The SMILES string of the molecule is CC(C)(C)OC(=O)C1(C(=O)O)Cc2cc(F)c(F)cc2C1. The molecule has 114 valence electrons. The summed E-state index contributed by atoms with van der Waals surface area (Å²) in [7, 11) is 0. The Bertz CT molecular complexity index is 586. The molecule has 0 amide bonds. The zero-order chi connectivity index (χ0) is 16.0. The first kappa shape index (κ1) is 15.4. The topological polar surface area (TPSA) is 63.6 Å². The second-order valence-corrected chi connectivity index (χ2v) is 6.28. The van der Waals surface area contributed by atoms with E-state index in [2.05, 4.69) is 0 Å². The van der Waals surface area contributed by atoms with E-state index in [9.17, 15) is 23.5 Å². The van der Waals surface area contributed by atoms with Gasteiger partial charge < -0.3 is 9.84 Å². The molecule has 6 heteroatoms. The number of carbonyl (C=O) groups is 2. The number of carbonyl (C=O) groups excluding carboxylic acids is 1. The number of benzene rings is 1. The van der Waals surface area contributed by atoms with Crippen molar-refractivity contribution in [1.82, 2.24) is 0 Å². The summed E-state index contributed by atoms with van der Waals surface area (Å²) in [5.41, 5.74) is -2.02. The lowest BCUT2D eigenvalue weighted by atomic mass is 9.84. The van der Waals surface area contributed by atoms with E-state index in [1.54, 1.807) is 20.8 Å². The maximum absolute atomic E-state index is 13.3. The van der Waals surface area contributed by atoms with E-state index in [-0.39, 0.29) is 12.8 Å². The van der Waals surface area contributed by atoms with Crippen LogP contribution in [0.3, 0.4) is 0 Å². The van der Waals surface area contributed by atoms with Crippen LogP contribution in [0, 0.1) is 17.0 Å². The number of aliphatic carboxylic acids is 1. The smallest absolute Gasteiger partial charge is 0.324 e. The van der Waals surface area contributed by atoms with E-state index >= 15 is 0 Å². The fraction of sp³-hybridized carbons (Fsp3) is 0.467. The standard InChI is InChI=1S/C15H16F2O4/c1-14(2,3)21-13(20)15(12(18)19)6-8-4-10(16)11(17)5-9(8)7-15/h4-5H,6-7H2,1-3H3,(H,18,19).